The number of likely N-dealkylation sites (tertiary alicyclic amines) is 1. The minimum Gasteiger partial charge on any atom is -0.356 e. The van der Waals surface area contributed by atoms with Crippen LogP contribution in [0.5, 0.6) is 0 Å². The van der Waals surface area contributed by atoms with Gasteiger partial charge in [-0.1, -0.05) is 18.5 Å². The van der Waals surface area contributed by atoms with Crippen LogP contribution in [0.25, 0.3) is 0 Å². The van der Waals surface area contributed by atoms with E-state index >= 15 is 0 Å². The summed E-state index contributed by atoms with van der Waals surface area (Å²) in [6.07, 6.45) is 7.99. The Labute approximate surface area is 197 Å². The van der Waals surface area contributed by atoms with Crippen LogP contribution in [-0.4, -0.2) is 68.2 Å². The average Bonchev–Trinajstić information content (AvgIpc) is 3.17. The third-order valence-corrected chi connectivity index (χ3v) is 6.16. The summed E-state index contributed by atoms with van der Waals surface area (Å²) in [5, 5.41) is 7.73. The number of guanidine groups is 1. The van der Waals surface area contributed by atoms with E-state index in [2.05, 4.69) is 37.3 Å². The van der Waals surface area contributed by atoms with E-state index in [-0.39, 0.29) is 24.0 Å². The van der Waals surface area contributed by atoms with Gasteiger partial charge in [-0.15, -0.1) is 24.0 Å². The molecule has 0 radical (unpaired) electrons. The van der Waals surface area contributed by atoms with Crippen LogP contribution in [0.1, 0.15) is 39.0 Å². The standard InChI is InChI=1S/C21H35ClN6.HI/c1-17-7-13-27(14-8-17)12-4-3-10-25-21(23-2)26-18-9-15-28(16-18)20-19(22)6-5-11-24-20;/h5-6,11,17-18H,3-4,7-10,12-16H2,1-2H3,(H2,23,25,26);1H. The molecule has 2 saturated heterocycles. The van der Waals surface area contributed by atoms with Crippen molar-refractivity contribution < 1.29 is 0 Å². The van der Waals surface area contributed by atoms with Crippen LogP contribution < -0.4 is 15.5 Å². The summed E-state index contributed by atoms with van der Waals surface area (Å²) in [5.41, 5.74) is 0. The van der Waals surface area contributed by atoms with E-state index < -0.39 is 0 Å². The molecule has 8 heteroatoms. The molecule has 2 aliphatic heterocycles. The van der Waals surface area contributed by atoms with Crippen molar-refractivity contribution in [3.05, 3.63) is 23.4 Å². The third-order valence-electron chi connectivity index (χ3n) is 5.86. The van der Waals surface area contributed by atoms with Gasteiger partial charge in [0.1, 0.15) is 5.82 Å². The Balaban J connectivity index is 0.00000300. The topological polar surface area (TPSA) is 55.8 Å². The first kappa shape index (κ1) is 24.5. The minimum atomic E-state index is 0. The smallest absolute Gasteiger partial charge is 0.191 e. The summed E-state index contributed by atoms with van der Waals surface area (Å²) in [6.45, 7) is 8.96. The molecule has 2 fully saturated rings. The van der Waals surface area contributed by atoms with Crippen molar-refractivity contribution in [2.24, 2.45) is 10.9 Å². The number of aliphatic imine (C=N–C) groups is 1. The van der Waals surface area contributed by atoms with Crippen molar-refractivity contribution in [1.82, 2.24) is 20.5 Å². The number of hydrogen-bond donors (Lipinski definition) is 2. The van der Waals surface area contributed by atoms with E-state index in [1.54, 1.807) is 6.20 Å². The number of nitrogens with one attached hydrogen (secondary N) is 2. The monoisotopic (exact) mass is 534 g/mol. The maximum absolute atomic E-state index is 6.28. The number of nitrogens with zero attached hydrogens (tertiary/aromatic N) is 4. The van der Waals surface area contributed by atoms with Crippen molar-refractivity contribution in [3.63, 3.8) is 0 Å². The molecular weight excluding hydrogens is 499 g/mol. The molecule has 0 saturated carbocycles. The largest absolute Gasteiger partial charge is 0.356 e. The molecule has 2 aliphatic rings. The first-order valence-electron chi connectivity index (χ1n) is 10.7. The molecule has 2 N–H and O–H groups in total. The molecule has 1 aromatic heterocycles. The Kier molecular flexibility index (Phi) is 10.8. The SMILES string of the molecule is CN=C(NCCCCN1CCC(C)CC1)NC1CCN(c2ncccc2Cl)C1.I. The molecule has 0 aromatic carbocycles. The highest BCUT2D eigenvalue weighted by Gasteiger charge is 2.25. The number of anilines is 1. The van der Waals surface area contributed by atoms with Crippen LogP contribution in [0, 0.1) is 5.92 Å². The number of pyridine rings is 1. The Bertz CT molecular complexity index is 635. The fourth-order valence-corrected chi connectivity index (χ4v) is 4.26. The lowest BCUT2D eigenvalue weighted by molar-refractivity contribution is 0.189. The van der Waals surface area contributed by atoms with Crippen molar-refractivity contribution in [1.29, 1.82) is 0 Å². The van der Waals surface area contributed by atoms with Crippen LogP contribution in [0.2, 0.25) is 5.02 Å². The molecule has 3 heterocycles. The normalized spacial score (nSPS) is 21.1. The predicted molar refractivity (Wildman–Crippen MR) is 134 cm³/mol. The lowest BCUT2D eigenvalue weighted by Gasteiger charge is -2.30. The number of unbranched alkanes of at least 4 members (excludes halogenated alkanes) is 1. The number of hydrogen-bond acceptors (Lipinski definition) is 4. The van der Waals surface area contributed by atoms with E-state index in [1.165, 1.54) is 45.3 Å². The van der Waals surface area contributed by atoms with Crippen molar-refractivity contribution >= 4 is 47.4 Å². The summed E-state index contributed by atoms with van der Waals surface area (Å²) < 4.78 is 0. The van der Waals surface area contributed by atoms with Gasteiger partial charge in [-0.2, -0.15) is 0 Å². The second kappa shape index (κ2) is 12.8. The van der Waals surface area contributed by atoms with Crippen molar-refractivity contribution in [2.45, 2.75) is 45.1 Å². The zero-order valence-electron chi connectivity index (χ0n) is 17.7. The van der Waals surface area contributed by atoms with Gasteiger partial charge >= 0.3 is 0 Å². The lowest BCUT2D eigenvalue weighted by atomic mass is 9.99. The van der Waals surface area contributed by atoms with Gasteiger partial charge in [-0.05, 0) is 69.8 Å². The highest BCUT2D eigenvalue weighted by atomic mass is 127. The van der Waals surface area contributed by atoms with Gasteiger partial charge in [0.25, 0.3) is 0 Å². The molecule has 164 valence electrons. The van der Waals surface area contributed by atoms with Crippen LogP contribution in [0.3, 0.4) is 0 Å². The molecular formula is C21H36ClIN6. The van der Waals surface area contributed by atoms with Crippen LogP contribution in [-0.2, 0) is 0 Å². The summed E-state index contributed by atoms with van der Waals surface area (Å²) in [6, 6.07) is 4.13. The zero-order valence-corrected chi connectivity index (χ0v) is 20.8. The third kappa shape index (κ3) is 7.75. The molecule has 1 unspecified atom stereocenters. The first-order valence-corrected chi connectivity index (χ1v) is 11.1. The quantitative estimate of drug-likeness (QED) is 0.242. The first-order chi connectivity index (χ1) is 13.7. The van der Waals surface area contributed by atoms with E-state index in [1.807, 2.05) is 19.2 Å². The summed E-state index contributed by atoms with van der Waals surface area (Å²) in [5.74, 6) is 2.68. The lowest BCUT2D eigenvalue weighted by Crippen LogP contribution is -2.45. The predicted octanol–water partition coefficient (Wildman–Crippen LogP) is 3.61. The van der Waals surface area contributed by atoms with Gasteiger partial charge in [-0.3, -0.25) is 4.99 Å². The van der Waals surface area contributed by atoms with E-state index in [9.17, 15) is 0 Å². The van der Waals surface area contributed by atoms with Gasteiger partial charge in [0.2, 0.25) is 0 Å². The second-order valence-electron chi connectivity index (χ2n) is 8.12. The van der Waals surface area contributed by atoms with Crippen LogP contribution in [0.4, 0.5) is 5.82 Å². The zero-order chi connectivity index (χ0) is 19.8. The molecule has 0 bridgehead atoms. The highest BCUT2D eigenvalue weighted by Crippen LogP contribution is 2.25. The number of halogens is 2. The minimum absolute atomic E-state index is 0. The van der Waals surface area contributed by atoms with Crippen LogP contribution in [0.15, 0.2) is 23.3 Å². The maximum Gasteiger partial charge on any atom is 0.191 e. The molecule has 6 nitrogen and oxygen atoms in total. The van der Waals surface area contributed by atoms with E-state index in [0.717, 1.165) is 43.8 Å². The summed E-state index contributed by atoms with van der Waals surface area (Å²) in [4.78, 5) is 13.7. The van der Waals surface area contributed by atoms with Gasteiger partial charge in [0.15, 0.2) is 5.96 Å². The highest BCUT2D eigenvalue weighted by molar-refractivity contribution is 14.0. The van der Waals surface area contributed by atoms with E-state index in [0.29, 0.717) is 11.1 Å². The van der Waals surface area contributed by atoms with Crippen molar-refractivity contribution in [2.75, 3.05) is 51.2 Å². The Morgan fingerprint density at radius 1 is 1.24 bits per heavy atom. The van der Waals surface area contributed by atoms with Gasteiger partial charge < -0.3 is 20.4 Å². The average molecular weight is 535 g/mol. The van der Waals surface area contributed by atoms with E-state index in [4.69, 9.17) is 11.6 Å². The Morgan fingerprint density at radius 3 is 2.76 bits per heavy atom. The Morgan fingerprint density at radius 2 is 2.03 bits per heavy atom. The Hall–Kier alpha value is -0.800. The summed E-state index contributed by atoms with van der Waals surface area (Å²) in [7, 11) is 1.84. The van der Waals surface area contributed by atoms with Crippen LogP contribution >= 0.6 is 35.6 Å². The fourth-order valence-electron chi connectivity index (χ4n) is 4.02. The fraction of sp³-hybridized carbons (Fsp3) is 0.714. The number of aromatic nitrogens is 1. The molecule has 1 atom stereocenters. The molecule has 29 heavy (non-hydrogen) atoms. The molecule has 1 aromatic rings. The summed E-state index contributed by atoms with van der Waals surface area (Å²) >= 11 is 6.28. The molecule has 0 aliphatic carbocycles. The van der Waals surface area contributed by atoms with Gasteiger partial charge in [0, 0.05) is 38.9 Å². The van der Waals surface area contributed by atoms with Gasteiger partial charge in [0.05, 0.1) is 5.02 Å². The maximum atomic E-state index is 6.28. The van der Waals surface area contributed by atoms with Gasteiger partial charge in [-0.25, -0.2) is 4.98 Å². The van der Waals surface area contributed by atoms with Crippen molar-refractivity contribution in [3.8, 4) is 0 Å². The molecule has 0 amide bonds. The number of rotatable bonds is 7. The number of piperidine rings is 1. The second-order valence-corrected chi connectivity index (χ2v) is 8.52. The molecule has 3 rings (SSSR count). The molecule has 0 spiro atoms.